The van der Waals surface area contributed by atoms with E-state index in [1.54, 1.807) is 41.6 Å². The lowest BCUT2D eigenvalue weighted by Crippen LogP contribution is -1.96. The number of benzene rings is 2. The molecule has 0 spiro atoms. The largest absolute Gasteiger partial charge is 0.497 e. The molecule has 3 rings (SSSR count). The van der Waals surface area contributed by atoms with Gasteiger partial charge in [-0.25, -0.2) is 0 Å². The van der Waals surface area contributed by atoms with Crippen LogP contribution >= 0.6 is 11.5 Å². The normalized spacial score (nSPS) is 10.4. The monoisotopic (exact) mass is 387 g/mol. The van der Waals surface area contributed by atoms with Crippen LogP contribution in [-0.4, -0.2) is 39.9 Å². The molecule has 0 aliphatic carbocycles. The van der Waals surface area contributed by atoms with Gasteiger partial charge in [-0.2, -0.15) is 4.37 Å². The predicted octanol–water partition coefficient (Wildman–Crippen LogP) is 4.52. The molecule has 0 aliphatic heterocycles. The van der Waals surface area contributed by atoms with E-state index in [1.165, 1.54) is 11.5 Å². The van der Waals surface area contributed by atoms with Crippen molar-refractivity contribution in [2.24, 2.45) is 0 Å². The number of ether oxygens (including phenoxy) is 5. The first kappa shape index (κ1) is 18.8. The highest BCUT2D eigenvalue weighted by atomic mass is 32.1. The molecule has 27 heavy (non-hydrogen) atoms. The maximum absolute atomic E-state index is 5.60. The molecule has 0 fully saturated rings. The van der Waals surface area contributed by atoms with E-state index in [4.69, 9.17) is 23.7 Å². The van der Waals surface area contributed by atoms with Gasteiger partial charge in [0.05, 0.1) is 46.8 Å². The van der Waals surface area contributed by atoms with E-state index in [1.807, 2.05) is 29.6 Å². The van der Waals surface area contributed by atoms with Crippen LogP contribution in [0.15, 0.2) is 35.7 Å². The van der Waals surface area contributed by atoms with Crippen molar-refractivity contribution in [2.45, 2.75) is 0 Å². The molecule has 1 aromatic heterocycles. The fraction of sp³-hybridized carbons (Fsp3) is 0.250. The summed E-state index contributed by atoms with van der Waals surface area (Å²) < 4.78 is 31.8. The van der Waals surface area contributed by atoms with Gasteiger partial charge in [-0.3, -0.25) is 0 Å². The number of hydrogen-bond acceptors (Lipinski definition) is 7. The molecule has 0 amide bonds. The molecule has 2 aromatic carbocycles. The van der Waals surface area contributed by atoms with E-state index < -0.39 is 0 Å². The summed E-state index contributed by atoms with van der Waals surface area (Å²) in [5.41, 5.74) is 3.48. The highest BCUT2D eigenvalue weighted by Gasteiger charge is 2.20. The molecular weight excluding hydrogens is 366 g/mol. The summed E-state index contributed by atoms with van der Waals surface area (Å²) in [5.74, 6) is 3.17. The first-order valence-electron chi connectivity index (χ1n) is 8.14. The second-order valence-electron chi connectivity index (χ2n) is 5.56. The van der Waals surface area contributed by atoms with E-state index in [9.17, 15) is 0 Å². The van der Waals surface area contributed by atoms with Crippen molar-refractivity contribution in [1.82, 2.24) is 4.37 Å². The zero-order chi connectivity index (χ0) is 19.4. The number of methoxy groups -OCH3 is 5. The zero-order valence-electron chi connectivity index (χ0n) is 15.9. The number of nitrogens with zero attached hydrogens (tertiary/aromatic N) is 1. The SMILES string of the molecule is COc1cc(OC)c(OC)c(-c2nscc2-c2ccc(OC)c(OC)c2)c1. The van der Waals surface area contributed by atoms with Gasteiger partial charge in [-0.1, -0.05) is 6.07 Å². The van der Waals surface area contributed by atoms with Gasteiger partial charge in [0.1, 0.15) is 5.75 Å². The standard InChI is InChI=1S/C20H21NO5S/c1-22-13-9-14(20(26-5)18(10-13)25-4)19-15(11-27-21-19)12-6-7-16(23-2)17(8-12)24-3/h6-11H,1-5H3. The molecule has 0 N–H and O–H groups in total. The zero-order valence-corrected chi connectivity index (χ0v) is 16.7. The third kappa shape index (κ3) is 3.50. The van der Waals surface area contributed by atoms with E-state index in [0.29, 0.717) is 28.7 Å². The summed E-state index contributed by atoms with van der Waals surface area (Å²) in [5, 5.41) is 1.99. The van der Waals surface area contributed by atoms with Crippen LogP contribution < -0.4 is 23.7 Å². The Balaban J connectivity index is 2.19. The van der Waals surface area contributed by atoms with E-state index in [2.05, 4.69) is 4.37 Å². The lowest BCUT2D eigenvalue weighted by molar-refractivity contribution is 0.350. The fourth-order valence-electron chi connectivity index (χ4n) is 2.87. The van der Waals surface area contributed by atoms with Gasteiger partial charge in [-0.05, 0) is 35.3 Å². The van der Waals surface area contributed by atoms with Crippen molar-refractivity contribution in [2.75, 3.05) is 35.5 Å². The molecule has 1 heterocycles. The molecule has 0 radical (unpaired) electrons. The summed E-state index contributed by atoms with van der Waals surface area (Å²) in [6.45, 7) is 0. The van der Waals surface area contributed by atoms with E-state index >= 15 is 0 Å². The van der Waals surface area contributed by atoms with Crippen LogP contribution in [0.25, 0.3) is 22.4 Å². The summed E-state index contributed by atoms with van der Waals surface area (Å²) >= 11 is 1.37. The third-order valence-electron chi connectivity index (χ3n) is 4.21. The summed E-state index contributed by atoms with van der Waals surface area (Å²) in [7, 11) is 8.04. The van der Waals surface area contributed by atoms with Crippen LogP contribution in [0.1, 0.15) is 0 Å². The van der Waals surface area contributed by atoms with Crippen LogP contribution in [0.4, 0.5) is 0 Å². The van der Waals surface area contributed by atoms with Crippen molar-refractivity contribution in [1.29, 1.82) is 0 Å². The minimum atomic E-state index is 0.582. The quantitative estimate of drug-likeness (QED) is 0.594. The Morgan fingerprint density at radius 3 is 2.07 bits per heavy atom. The molecule has 0 atom stereocenters. The summed E-state index contributed by atoms with van der Waals surface area (Å²) in [6, 6.07) is 9.44. The first-order chi connectivity index (χ1) is 13.2. The van der Waals surface area contributed by atoms with Crippen LogP contribution in [0.3, 0.4) is 0 Å². The number of rotatable bonds is 7. The Bertz CT molecular complexity index is 938. The predicted molar refractivity (Wildman–Crippen MR) is 106 cm³/mol. The van der Waals surface area contributed by atoms with Crippen molar-refractivity contribution >= 4 is 11.5 Å². The second-order valence-corrected chi connectivity index (χ2v) is 6.19. The molecule has 7 heteroatoms. The van der Waals surface area contributed by atoms with Crippen LogP contribution in [0.5, 0.6) is 28.7 Å². The van der Waals surface area contributed by atoms with E-state index in [-0.39, 0.29) is 0 Å². The highest BCUT2D eigenvalue weighted by molar-refractivity contribution is 7.04. The Morgan fingerprint density at radius 2 is 1.44 bits per heavy atom. The first-order valence-corrected chi connectivity index (χ1v) is 8.97. The molecular formula is C20H21NO5S. The molecule has 0 bridgehead atoms. The summed E-state index contributed by atoms with van der Waals surface area (Å²) in [4.78, 5) is 0. The lowest BCUT2D eigenvalue weighted by atomic mass is 10.00. The van der Waals surface area contributed by atoms with Gasteiger partial charge in [-0.15, -0.1) is 0 Å². The van der Waals surface area contributed by atoms with Crippen LogP contribution in [-0.2, 0) is 0 Å². The Morgan fingerprint density at radius 1 is 0.704 bits per heavy atom. The van der Waals surface area contributed by atoms with Crippen molar-refractivity contribution < 1.29 is 23.7 Å². The maximum Gasteiger partial charge on any atom is 0.170 e. The molecule has 0 unspecified atom stereocenters. The van der Waals surface area contributed by atoms with Gasteiger partial charge in [0.25, 0.3) is 0 Å². The smallest absolute Gasteiger partial charge is 0.170 e. The van der Waals surface area contributed by atoms with E-state index in [0.717, 1.165) is 22.4 Å². The highest BCUT2D eigenvalue weighted by Crippen LogP contribution is 2.45. The van der Waals surface area contributed by atoms with Crippen molar-refractivity contribution in [3.8, 4) is 51.1 Å². The molecule has 0 saturated carbocycles. The van der Waals surface area contributed by atoms with Gasteiger partial charge in [0.2, 0.25) is 0 Å². The molecule has 142 valence electrons. The lowest BCUT2D eigenvalue weighted by Gasteiger charge is -2.15. The average molecular weight is 387 g/mol. The van der Waals surface area contributed by atoms with Gasteiger partial charge >= 0.3 is 0 Å². The molecule has 6 nitrogen and oxygen atoms in total. The molecule has 0 saturated heterocycles. The maximum atomic E-state index is 5.60. The van der Waals surface area contributed by atoms with Crippen LogP contribution in [0, 0.1) is 0 Å². The third-order valence-corrected chi connectivity index (χ3v) is 4.84. The van der Waals surface area contributed by atoms with Crippen molar-refractivity contribution in [3.05, 3.63) is 35.7 Å². The second kappa shape index (κ2) is 8.18. The number of aromatic nitrogens is 1. The Labute approximate surface area is 162 Å². The molecule has 0 aliphatic rings. The van der Waals surface area contributed by atoms with Crippen LogP contribution in [0.2, 0.25) is 0 Å². The Hall–Kier alpha value is -2.93. The molecule has 3 aromatic rings. The summed E-state index contributed by atoms with van der Waals surface area (Å²) in [6.07, 6.45) is 0. The number of hydrogen-bond donors (Lipinski definition) is 0. The van der Waals surface area contributed by atoms with Crippen molar-refractivity contribution in [3.63, 3.8) is 0 Å². The van der Waals surface area contributed by atoms with Gasteiger partial charge in [0, 0.05) is 17.0 Å². The topological polar surface area (TPSA) is 59.0 Å². The minimum Gasteiger partial charge on any atom is -0.497 e. The fourth-order valence-corrected chi connectivity index (χ4v) is 3.58. The van der Waals surface area contributed by atoms with Gasteiger partial charge < -0.3 is 23.7 Å². The Kier molecular flexibility index (Phi) is 5.71. The average Bonchev–Trinajstić information content (AvgIpc) is 3.21. The minimum absolute atomic E-state index is 0.582. The van der Waals surface area contributed by atoms with Gasteiger partial charge in [0.15, 0.2) is 23.0 Å².